The lowest BCUT2D eigenvalue weighted by Gasteiger charge is -2.27. The molecule has 0 aromatic carbocycles. The van der Waals surface area contributed by atoms with E-state index in [1.165, 1.54) is 0 Å². The van der Waals surface area contributed by atoms with Crippen LogP contribution in [-0.4, -0.2) is 23.3 Å². The molecular weight excluding hydrogens is 180 g/mol. The molecule has 0 saturated heterocycles. The molecule has 2 rings (SSSR count). The largest absolute Gasteiger partial charge is 0.459 e. The van der Waals surface area contributed by atoms with E-state index in [0.29, 0.717) is 11.8 Å². The summed E-state index contributed by atoms with van der Waals surface area (Å²) in [7, 11) is 0. The Hall–Kier alpha value is -0.570. The Balaban J connectivity index is 1.96. The zero-order chi connectivity index (χ0) is 10.3. The van der Waals surface area contributed by atoms with Gasteiger partial charge < -0.3 is 9.84 Å². The summed E-state index contributed by atoms with van der Waals surface area (Å²) in [4.78, 5) is 11.4. The van der Waals surface area contributed by atoms with Crippen molar-refractivity contribution >= 4 is 5.97 Å². The number of carbonyl (C=O) groups excluding carboxylic acids is 1. The Bertz CT molecular complexity index is 235. The topological polar surface area (TPSA) is 46.5 Å². The van der Waals surface area contributed by atoms with Crippen LogP contribution in [0.15, 0.2) is 0 Å². The van der Waals surface area contributed by atoms with Gasteiger partial charge in [0.25, 0.3) is 0 Å². The number of ether oxygens (including phenoxy) is 1. The third kappa shape index (κ3) is 1.54. The van der Waals surface area contributed by atoms with E-state index in [1.807, 2.05) is 13.8 Å². The minimum Gasteiger partial charge on any atom is -0.459 e. The van der Waals surface area contributed by atoms with Crippen molar-refractivity contribution in [1.29, 1.82) is 0 Å². The summed E-state index contributed by atoms with van der Waals surface area (Å²) in [6.45, 7) is 3.64. The number of carbonyl (C=O) groups is 1. The van der Waals surface area contributed by atoms with Gasteiger partial charge in [0.05, 0.1) is 12.0 Å². The maximum absolute atomic E-state index is 11.4. The summed E-state index contributed by atoms with van der Waals surface area (Å²) in [6.07, 6.45) is 2.62. The highest BCUT2D eigenvalue weighted by molar-refractivity contribution is 5.71. The van der Waals surface area contributed by atoms with Crippen LogP contribution in [0.3, 0.4) is 0 Å². The van der Waals surface area contributed by atoms with Crippen molar-refractivity contribution in [3.05, 3.63) is 0 Å². The highest BCUT2D eigenvalue weighted by Gasteiger charge is 2.49. The Morgan fingerprint density at radius 3 is 2.50 bits per heavy atom. The molecule has 0 aromatic rings. The number of aliphatic hydroxyl groups is 1. The molecule has 2 bridgehead atoms. The number of esters is 1. The first-order chi connectivity index (χ1) is 6.59. The average Bonchev–Trinajstić information content (AvgIpc) is 2.69. The van der Waals surface area contributed by atoms with Crippen molar-refractivity contribution in [3.8, 4) is 0 Å². The van der Waals surface area contributed by atoms with Crippen LogP contribution >= 0.6 is 0 Å². The predicted octanol–water partition coefficient (Wildman–Crippen LogP) is 1.34. The Labute approximate surface area is 84.4 Å². The summed E-state index contributed by atoms with van der Waals surface area (Å²) in [5.41, 5.74) is 0. The smallest absolute Gasteiger partial charge is 0.308 e. The molecule has 4 unspecified atom stereocenters. The van der Waals surface area contributed by atoms with Gasteiger partial charge in [0.2, 0.25) is 0 Å². The van der Waals surface area contributed by atoms with E-state index in [-0.39, 0.29) is 18.0 Å². The molecule has 2 aliphatic rings. The van der Waals surface area contributed by atoms with Gasteiger partial charge in [-0.1, -0.05) is 13.8 Å². The van der Waals surface area contributed by atoms with Gasteiger partial charge in [0.15, 0.2) is 0 Å². The van der Waals surface area contributed by atoms with Crippen LogP contribution in [-0.2, 0) is 9.53 Å². The van der Waals surface area contributed by atoms with E-state index in [1.54, 1.807) is 0 Å². The van der Waals surface area contributed by atoms with E-state index >= 15 is 0 Å². The fraction of sp³-hybridized carbons (Fsp3) is 0.909. The van der Waals surface area contributed by atoms with Gasteiger partial charge in [-0.3, -0.25) is 4.79 Å². The van der Waals surface area contributed by atoms with Gasteiger partial charge >= 0.3 is 5.97 Å². The molecule has 0 aromatic heterocycles. The molecule has 2 saturated carbocycles. The van der Waals surface area contributed by atoms with Gasteiger partial charge in [-0.15, -0.1) is 0 Å². The summed E-state index contributed by atoms with van der Waals surface area (Å²) >= 11 is 0. The van der Waals surface area contributed by atoms with E-state index in [4.69, 9.17) is 4.74 Å². The molecule has 2 aliphatic carbocycles. The van der Waals surface area contributed by atoms with Gasteiger partial charge in [-0.05, 0) is 31.1 Å². The van der Waals surface area contributed by atoms with Crippen LogP contribution in [0.25, 0.3) is 0 Å². The number of aliphatic hydroxyl groups excluding tert-OH is 1. The third-order valence-corrected chi connectivity index (χ3v) is 3.52. The third-order valence-electron chi connectivity index (χ3n) is 3.52. The second kappa shape index (κ2) is 3.54. The molecule has 3 heteroatoms. The fourth-order valence-corrected chi connectivity index (χ4v) is 2.64. The predicted molar refractivity (Wildman–Crippen MR) is 51.6 cm³/mol. The van der Waals surface area contributed by atoms with Gasteiger partial charge in [-0.2, -0.15) is 0 Å². The summed E-state index contributed by atoms with van der Waals surface area (Å²) in [5, 5.41) is 9.83. The summed E-state index contributed by atoms with van der Waals surface area (Å²) in [5.74, 6) is 0.519. The SMILES string of the molecule is CC(C)C(=O)OC1C2CCC(C2)C1O. The van der Waals surface area contributed by atoms with Gasteiger partial charge in [0, 0.05) is 0 Å². The molecule has 0 radical (unpaired) electrons. The lowest BCUT2D eigenvalue weighted by Crippen LogP contribution is -2.37. The quantitative estimate of drug-likeness (QED) is 0.681. The molecule has 0 spiro atoms. The van der Waals surface area contributed by atoms with Crippen LogP contribution in [0.1, 0.15) is 33.1 Å². The van der Waals surface area contributed by atoms with Crippen molar-refractivity contribution in [1.82, 2.24) is 0 Å². The molecule has 0 amide bonds. The maximum atomic E-state index is 11.4. The molecule has 4 atom stereocenters. The van der Waals surface area contributed by atoms with Crippen molar-refractivity contribution in [3.63, 3.8) is 0 Å². The average molecular weight is 198 g/mol. The minimum atomic E-state index is -0.406. The zero-order valence-electron chi connectivity index (χ0n) is 8.77. The zero-order valence-corrected chi connectivity index (χ0v) is 8.77. The van der Waals surface area contributed by atoms with Gasteiger partial charge in [0.1, 0.15) is 6.10 Å². The number of fused-ring (bicyclic) bond motifs is 2. The van der Waals surface area contributed by atoms with E-state index in [9.17, 15) is 9.90 Å². The molecular formula is C11H18O3. The maximum Gasteiger partial charge on any atom is 0.308 e. The van der Waals surface area contributed by atoms with Crippen LogP contribution in [0.2, 0.25) is 0 Å². The Morgan fingerprint density at radius 1 is 1.36 bits per heavy atom. The molecule has 3 nitrogen and oxygen atoms in total. The number of hydrogen-bond acceptors (Lipinski definition) is 3. The van der Waals surface area contributed by atoms with Crippen LogP contribution in [0.4, 0.5) is 0 Å². The monoisotopic (exact) mass is 198 g/mol. The first-order valence-corrected chi connectivity index (χ1v) is 5.48. The van der Waals surface area contributed by atoms with Crippen LogP contribution < -0.4 is 0 Å². The molecule has 0 aliphatic heterocycles. The Morgan fingerprint density at radius 2 is 2.00 bits per heavy atom. The first kappa shape index (κ1) is 9.97. The van der Waals surface area contributed by atoms with E-state index in [0.717, 1.165) is 19.3 Å². The molecule has 0 heterocycles. The molecule has 14 heavy (non-hydrogen) atoms. The van der Waals surface area contributed by atoms with Gasteiger partial charge in [-0.25, -0.2) is 0 Å². The second-order valence-corrected chi connectivity index (χ2v) is 4.88. The molecule has 80 valence electrons. The number of rotatable bonds is 2. The second-order valence-electron chi connectivity index (χ2n) is 4.88. The fourth-order valence-electron chi connectivity index (χ4n) is 2.64. The van der Waals surface area contributed by atoms with E-state index in [2.05, 4.69) is 0 Å². The standard InChI is InChI=1S/C11H18O3/c1-6(2)11(13)14-10-8-4-3-7(5-8)9(10)12/h6-10,12H,3-5H2,1-2H3. The van der Waals surface area contributed by atoms with Crippen molar-refractivity contribution < 1.29 is 14.6 Å². The van der Waals surface area contributed by atoms with Crippen molar-refractivity contribution in [2.45, 2.75) is 45.3 Å². The number of hydrogen-bond donors (Lipinski definition) is 1. The van der Waals surface area contributed by atoms with Crippen molar-refractivity contribution in [2.24, 2.45) is 17.8 Å². The van der Waals surface area contributed by atoms with Crippen LogP contribution in [0.5, 0.6) is 0 Å². The highest BCUT2D eigenvalue weighted by atomic mass is 16.6. The lowest BCUT2D eigenvalue weighted by atomic mass is 9.95. The lowest BCUT2D eigenvalue weighted by molar-refractivity contribution is -0.162. The Kier molecular flexibility index (Phi) is 2.52. The minimum absolute atomic E-state index is 0.0960. The first-order valence-electron chi connectivity index (χ1n) is 5.48. The normalized spacial score (nSPS) is 40.6. The van der Waals surface area contributed by atoms with Crippen molar-refractivity contribution in [2.75, 3.05) is 0 Å². The highest BCUT2D eigenvalue weighted by Crippen LogP contribution is 2.46. The van der Waals surface area contributed by atoms with Crippen LogP contribution in [0, 0.1) is 17.8 Å². The molecule has 1 N–H and O–H groups in total. The van der Waals surface area contributed by atoms with E-state index < -0.39 is 6.10 Å². The summed E-state index contributed by atoms with van der Waals surface area (Å²) < 4.78 is 5.33. The molecule has 2 fully saturated rings. The summed E-state index contributed by atoms with van der Waals surface area (Å²) in [6, 6.07) is 0.